The highest BCUT2D eigenvalue weighted by Gasteiger charge is 2.32. The van der Waals surface area contributed by atoms with Gasteiger partial charge in [0.2, 0.25) is 6.41 Å². The molecule has 10 heteroatoms. The van der Waals surface area contributed by atoms with E-state index in [9.17, 15) is 0 Å². The number of carbonyl (C=O) groups is 1. The van der Waals surface area contributed by atoms with E-state index >= 15 is 0 Å². The summed E-state index contributed by atoms with van der Waals surface area (Å²) < 4.78 is 5.31. The van der Waals surface area contributed by atoms with Crippen molar-refractivity contribution < 1.29 is 9.53 Å². The third-order valence-corrected chi connectivity index (χ3v) is 7.64. The fourth-order valence-corrected chi connectivity index (χ4v) is 5.40. The van der Waals surface area contributed by atoms with Crippen LogP contribution in [-0.4, -0.2) is 44.4 Å². The Morgan fingerprint density at radius 3 is 2.45 bits per heavy atom. The number of thiol groups is 1. The number of ether oxygens (including phenoxy) is 1. The molecule has 0 saturated heterocycles. The van der Waals surface area contributed by atoms with Gasteiger partial charge in [0, 0.05) is 28.4 Å². The Morgan fingerprint density at radius 1 is 1.16 bits per heavy atom. The summed E-state index contributed by atoms with van der Waals surface area (Å²) >= 11 is 5.96. The van der Waals surface area contributed by atoms with Gasteiger partial charge in [0.05, 0.1) is 18.2 Å². The van der Waals surface area contributed by atoms with Crippen molar-refractivity contribution in [2.24, 2.45) is 22.9 Å². The number of benzene rings is 3. The fraction of sp³-hybridized carbons (Fsp3) is 0.286. The highest BCUT2D eigenvalue weighted by Crippen LogP contribution is 2.45. The predicted octanol–water partition coefficient (Wildman–Crippen LogP) is 3.39. The largest absolute Gasteiger partial charge is 0.497 e. The molecule has 4 rings (SSSR count). The monoisotopic (exact) mass is 554 g/mol. The molecule has 1 aliphatic rings. The number of likely N-dealkylation sites (N-methyl/N-ethyl adjacent to an activating group) is 1. The van der Waals surface area contributed by atoms with E-state index in [0.717, 1.165) is 47.6 Å². The minimum absolute atomic E-state index is 0.0411. The van der Waals surface area contributed by atoms with Crippen LogP contribution in [0.5, 0.6) is 5.75 Å². The minimum Gasteiger partial charge on any atom is -0.497 e. The molecule has 2 unspecified atom stereocenters. The number of nitrogens with zero attached hydrogens (tertiary/aromatic N) is 1. The molecule has 0 bridgehead atoms. The quantitative estimate of drug-likeness (QED) is 0.108. The van der Waals surface area contributed by atoms with Gasteiger partial charge in [-0.25, -0.2) is 0 Å². The van der Waals surface area contributed by atoms with Crippen molar-refractivity contribution in [3.05, 3.63) is 83.4 Å². The molecule has 1 amide bonds. The van der Waals surface area contributed by atoms with E-state index in [1.54, 1.807) is 18.9 Å². The van der Waals surface area contributed by atoms with Gasteiger partial charge in [-0.3, -0.25) is 10.2 Å². The van der Waals surface area contributed by atoms with E-state index < -0.39 is 0 Å². The van der Waals surface area contributed by atoms with Crippen LogP contribution in [0.3, 0.4) is 0 Å². The average Bonchev–Trinajstić information content (AvgIpc) is 3.25. The lowest BCUT2D eigenvalue weighted by Gasteiger charge is -2.27. The molecule has 0 aliphatic carbocycles. The maximum Gasteiger partial charge on any atom is 0.204 e. The second kappa shape index (κ2) is 15.9. The topological polar surface area (TPSA) is 157 Å². The molecular formula is C28H38N6O2S2. The smallest absolute Gasteiger partial charge is 0.204 e. The zero-order valence-corrected chi connectivity index (χ0v) is 23.6. The Hall–Kier alpha value is -3.18. The lowest BCUT2D eigenvalue weighted by atomic mass is 10.0. The fourth-order valence-electron chi connectivity index (χ4n) is 3.94. The molecule has 204 valence electrons. The summed E-state index contributed by atoms with van der Waals surface area (Å²) in [6.45, 7) is 0.766. The number of anilines is 1. The third-order valence-electron chi connectivity index (χ3n) is 5.86. The van der Waals surface area contributed by atoms with Crippen molar-refractivity contribution in [3.63, 3.8) is 0 Å². The van der Waals surface area contributed by atoms with Crippen molar-refractivity contribution in [2.45, 2.75) is 40.5 Å². The van der Waals surface area contributed by atoms with Gasteiger partial charge in [0.15, 0.2) is 0 Å². The number of amidine groups is 1. The molecule has 1 heterocycles. The number of hydrogen-bond donors (Lipinski definition) is 6. The number of thioether (sulfide) groups is 1. The van der Waals surface area contributed by atoms with Crippen LogP contribution in [0.15, 0.2) is 76.5 Å². The van der Waals surface area contributed by atoms with Crippen molar-refractivity contribution in [1.82, 2.24) is 0 Å². The number of hydrogen-bond acceptors (Lipinski definition) is 8. The number of methoxy groups -OCH3 is 1. The van der Waals surface area contributed by atoms with E-state index in [4.69, 9.17) is 32.1 Å². The zero-order chi connectivity index (χ0) is 28.1. The number of aryl methyl sites for hydroxylation is 1. The van der Waals surface area contributed by atoms with E-state index in [-0.39, 0.29) is 23.7 Å². The first-order valence-corrected chi connectivity index (χ1v) is 13.5. The number of amides is 1. The Bertz CT molecular complexity index is 1180. The Morgan fingerprint density at radius 2 is 1.84 bits per heavy atom. The van der Waals surface area contributed by atoms with Gasteiger partial charge in [0.1, 0.15) is 11.6 Å². The van der Waals surface area contributed by atoms with Crippen LogP contribution in [0, 0.1) is 5.41 Å². The lowest BCUT2D eigenvalue weighted by molar-refractivity contribution is -0.106. The summed E-state index contributed by atoms with van der Waals surface area (Å²) in [5, 5.41) is 7.72. The van der Waals surface area contributed by atoms with Gasteiger partial charge in [-0.1, -0.05) is 42.1 Å². The predicted molar refractivity (Wildman–Crippen MR) is 162 cm³/mol. The number of rotatable bonds is 8. The van der Waals surface area contributed by atoms with Crippen molar-refractivity contribution >= 4 is 42.3 Å². The second-order valence-corrected chi connectivity index (χ2v) is 10.3. The van der Waals surface area contributed by atoms with Gasteiger partial charge in [-0.05, 0) is 73.3 Å². The molecule has 3 aromatic rings. The van der Waals surface area contributed by atoms with E-state index in [0.29, 0.717) is 0 Å². The Labute approximate surface area is 235 Å². The maximum absolute atomic E-state index is 8.58. The van der Waals surface area contributed by atoms with Gasteiger partial charge in [-0.15, -0.1) is 12.6 Å². The number of primary amides is 1. The van der Waals surface area contributed by atoms with E-state index in [2.05, 4.69) is 54.6 Å². The van der Waals surface area contributed by atoms with Crippen LogP contribution in [0.25, 0.3) is 0 Å². The van der Waals surface area contributed by atoms with Crippen LogP contribution < -0.4 is 32.6 Å². The molecule has 0 fully saturated rings. The molecule has 1 aliphatic heterocycles. The van der Waals surface area contributed by atoms with E-state index in [1.165, 1.54) is 16.1 Å². The highest BCUT2D eigenvalue weighted by molar-refractivity contribution is 8.00. The SMILES string of the molecule is COc1ccc2c(c1)SC(C(N)Cc1cccc(C(=N)N)c1)N2C.NC=O.NCCCc1ccc(S)cc1. The normalized spacial score (nSPS) is 14.2. The molecule has 2 atom stereocenters. The molecule has 0 radical (unpaired) electrons. The van der Waals surface area contributed by atoms with Crippen LogP contribution in [-0.2, 0) is 17.6 Å². The lowest BCUT2D eigenvalue weighted by Crippen LogP contribution is -2.43. The number of carbonyl (C=O) groups excluding carboxylic acids is 1. The molecule has 9 N–H and O–H groups in total. The number of nitrogens with two attached hydrogens (primary N) is 4. The standard InChI is InChI=1S/C18H22N4OS.C9H13NS.CH3NO/c1-22-15-7-6-13(23-2)10-16(15)24-18(22)14(19)9-11-4-3-5-12(8-11)17(20)21;10-7-1-2-8-3-5-9(11)6-4-8;2-1-3/h3-8,10,14,18H,9,19H2,1-2H3,(H3,20,21);3-6,11H,1-2,7,10H2;1H,(H2,2,3). The molecule has 8 nitrogen and oxygen atoms in total. The zero-order valence-electron chi connectivity index (χ0n) is 21.8. The summed E-state index contributed by atoms with van der Waals surface area (Å²) in [4.78, 5) is 13.0. The molecule has 38 heavy (non-hydrogen) atoms. The van der Waals surface area contributed by atoms with Crippen LogP contribution in [0.4, 0.5) is 5.69 Å². The maximum atomic E-state index is 8.58. The molecule has 0 spiro atoms. The summed E-state index contributed by atoms with van der Waals surface area (Å²) in [5.41, 5.74) is 26.0. The number of fused-ring (bicyclic) bond motifs is 1. The molecule has 0 aromatic heterocycles. The van der Waals surface area contributed by atoms with Crippen LogP contribution >= 0.6 is 24.4 Å². The summed E-state index contributed by atoms with van der Waals surface area (Å²) in [5.74, 6) is 0.940. The first kappa shape index (κ1) is 31.0. The Balaban J connectivity index is 0.000000302. The second-order valence-electron chi connectivity index (χ2n) is 8.63. The van der Waals surface area contributed by atoms with Gasteiger partial charge < -0.3 is 32.6 Å². The van der Waals surface area contributed by atoms with Crippen molar-refractivity contribution in [3.8, 4) is 5.75 Å². The first-order valence-electron chi connectivity index (χ1n) is 12.1. The first-order chi connectivity index (χ1) is 18.2. The third kappa shape index (κ3) is 9.29. The van der Waals surface area contributed by atoms with Gasteiger partial charge >= 0.3 is 0 Å². The molecule has 0 saturated carbocycles. The van der Waals surface area contributed by atoms with Gasteiger partial charge in [0.25, 0.3) is 0 Å². The highest BCUT2D eigenvalue weighted by atomic mass is 32.2. The van der Waals surface area contributed by atoms with Crippen molar-refractivity contribution in [2.75, 3.05) is 25.6 Å². The summed E-state index contributed by atoms with van der Waals surface area (Å²) in [7, 11) is 3.75. The summed E-state index contributed by atoms with van der Waals surface area (Å²) in [6.07, 6.45) is 3.12. The van der Waals surface area contributed by atoms with Crippen LogP contribution in [0.1, 0.15) is 23.1 Å². The van der Waals surface area contributed by atoms with Crippen LogP contribution in [0.2, 0.25) is 0 Å². The molecular weight excluding hydrogens is 516 g/mol. The Kier molecular flexibility index (Phi) is 13.0. The summed E-state index contributed by atoms with van der Waals surface area (Å²) in [6, 6.07) is 22.0. The van der Waals surface area contributed by atoms with Gasteiger partial charge in [-0.2, -0.15) is 0 Å². The molecule has 3 aromatic carbocycles. The average molecular weight is 555 g/mol. The minimum atomic E-state index is -0.0411. The van der Waals surface area contributed by atoms with E-state index in [1.807, 2.05) is 42.5 Å². The van der Waals surface area contributed by atoms with Crippen molar-refractivity contribution in [1.29, 1.82) is 5.41 Å². The number of nitrogens with one attached hydrogen (secondary N) is 1. The number of nitrogen functional groups attached to an aromatic ring is 1.